The minimum atomic E-state index is -0.329. The molecule has 0 radical (unpaired) electrons. The average Bonchev–Trinajstić information content (AvgIpc) is 2.32. The number of amides is 2. The highest BCUT2D eigenvalue weighted by Crippen LogP contribution is 2.07. The smallest absolute Gasteiger partial charge is 0.319 e. The lowest BCUT2D eigenvalue weighted by Crippen LogP contribution is -2.33. The second-order valence-electron chi connectivity index (χ2n) is 3.84. The molecule has 0 heterocycles. The molecule has 0 aliphatic rings. The van der Waals surface area contributed by atoms with Gasteiger partial charge in [-0.05, 0) is 37.1 Å². The molecular weight excluding hydrogens is 221 g/mol. The molecule has 1 atom stereocenters. The van der Waals surface area contributed by atoms with E-state index >= 15 is 0 Å². The molecule has 0 saturated carbocycles. The van der Waals surface area contributed by atoms with Gasteiger partial charge in [-0.15, -0.1) is 0 Å². The fourth-order valence-corrected chi connectivity index (χ4v) is 1.28. The van der Waals surface area contributed by atoms with Crippen molar-refractivity contribution in [1.82, 2.24) is 5.32 Å². The van der Waals surface area contributed by atoms with Crippen LogP contribution in [0.15, 0.2) is 24.3 Å². The highest BCUT2D eigenvalue weighted by molar-refractivity contribution is 5.89. The molecule has 4 N–H and O–H groups in total. The molecular formula is C12H18FN3O. The van der Waals surface area contributed by atoms with Crippen molar-refractivity contribution in [3.63, 3.8) is 0 Å². The SMILES string of the molecule is CCC(N)CCNC(=O)Nc1ccc(F)cc1. The van der Waals surface area contributed by atoms with Crippen molar-refractivity contribution in [2.24, 2.45) is 5.73 Å². The molecule has 0 aliphatic heterocycles. The van der Waals surface area contributed by atoms with E-state index in [1.807, 2.05) is 6.92 Å². The van der Waals surface area contributed by atoms with Gasteiger partial charge in [-0.3, -0.25) is 0 Å². The van der Waals surface area contributed by atoms with Gasteiger partial charge < -0.3 is 16.4 Å². The lowest BCUT2D eigenvalue weighted by molar-refractivity contribution is 0.251. The molecule has 0 aromatic heterocycles. The number of carbonyl (C=O) groups excluding carboxylic acids is 1. The summed E-state index contributed by atoms with van der Waals surface area (Å²) in [6, 6.07) is 5.41. The quantitative estimate of drug-likeness (QED) is 0.736. The third-order valence-electron chi connectivity index (χ3n) is 2.43. The monoisotopic (exact) mass is 239 g/mol. The first-order chi connectivity index (χ1) is 8.11. The first kappa shape index (κ1) is 13.4. The van der Waals surface area contributed by atoms with Crippen molar-refractivity contribution >= 4 is 11.7 Å². The summed E-state index contributed by atoms with van der Waals surface area (Å²) >= 11 is 0. The molecule has 0 bridgehead atoms. The lowest BCUT2D eigenvalue weighted by Gasteiger charge is -2.10. The van der Waals surface area contributed by atoms with E-state index in [1.54, 1.807) is 0 Å². The Hall–Kier alpha value is -1.62. The second kappa shape index (κ2) is 6.85. The maximum absolute atomic E-state index is 12.6. The molecule has 1 aromatic rings. The van der Waals surface area contributed by atoms with Crippen LogP contribution >= 0.6 is 0 Å². The largest absolute Gasteiger partial charge is 0.338 e. The summed E-state index contributed by atoms with van der Waals surface area (Å²) in [5.41, 5.74) is 6.27. The zero-order valence-electron chi connectivity index (χ0n) is 9.87. The second-order valence-corrected chi connectivity index (χ2v) is 3.84. The molecule has 0 aliphatic carbocycles. The van der Waals surface area contributed by atoms with E-state index in [4.69, 9.17) is 5.73 Å². The average molecular weight is 239 g/mol. The number of nitrogens with two attached hydrogens (primary N) is 1. The fraction of sp³-hybridized carbons (Fsp3) is 0.417. The number of urea groups is 1. The van der Waals surface area contributed by atoms with Gasteiger partial charge in [-0.25, -0.2) is 9.18 Å². The Morgan fingerprint density at radius 2 is 2.06 bits per heavy atom. The highest BCUT2D eigenvalue weighted by atomic mass is 19.1. The summed E-state index contributed by atoms with van der Waals surface area (Å²) < 4.78 is 12.6. The molecule has 0 spiro atoms. The van der Waals surface area contributed by atoms with Crippen LogP contribution in [-0.2, 0) is 0 Å². The van der Waals surface area contributed by atoms with Crippen LogP contribution in [0.1, 0.15) is 19.8 Å². The Labute approximate surface area is 100 Å². The molecule has 94 valence electrons. The molecule has 0 saturated heterocycles. The molecule has 1 rings (SSSR count). The number of hydrogen-bond acceptors (Lipinski definition) is 2. The van der Waals surface area contributed by atoms with Crippen LogP contribution in [0.3, 0.4) is 0 Å². The van der Waals surface area contributed by atoms with E-state index in [-0.39, 0.29) is 17.9 Å². The zero-order valence-corrected chi connectivity index (χ0v) is 9.87. The third-order valence-corrected chi connectivity index (χ3v) is 2.43. The van der Waals surface area contributed by atoms with E-state index in [0.29, 0.717) is 12.2 Å². The van der Waals surface area contributed by atoms with Crippen molar-refractivity contribution < 1.29 is 9.18 Å². The van der Waals surface area contributed by atoms with E-state index in [2.05, 4.69) is 10.6 Å². The van der Waals surface area contributed by atoms with Gasteiger partial charge >= 0.3 is 6.03 Å². The van der Waals surface area contributed by atoms with E-state index in [0.717, 1.165) is 12.8 Å². The molecule has 4 nitrogen and oxygen atoms in total. The summed E-state index contributed by atoms with van der Waals surface area (Å²) in [5, 5.41) is 5.29. The van der Waals surface area contributed by atoms with E-state index in [1.165, 1.54) is 24.3 Å². The van der Waals surface area contributed by atoms with Crippen molar-refractivity contribution in [2.75, 3.05) is 11.9 Å². The van der Waals surface area contributed by atoms with Crippen LogP contribution in [-0.4, -0.2) is 18.6 Å². The zero-order chi connectivity index (χ0) is 12.7. The van der Waals surface area contributed by atoms with Gasteiger partial charge in [0, 0.05) is 18.3 Å². The first-order valence-electron chi connectivity index (χ1n) is 5.67. The van der Waals surface area contributed by atoms with Crippen molar-refractivity contribution in [1.29, 1.82) is 0 Å². The number of anilines is 1. The summed E-state index contributed by atoms with van der Waals surface area (Å²) in [5.74, 6) is -0.329. The normalized spacial score (nSPS) is 11.9. The number of nitrogens with one attached hydrogen (secondary N) is 2. The topological polar surface area (TPSA) is 67.1 Å². The summed E-state index contributed by atoms with van der Waals surface area (Å²) in [6.07, 6.45) is 1.63. The number of carbonyl (C=O) groups is 1. The van der Waals surface area contributed by atoms with Crippen LogP contribution in [0.2, 0.25) is 0 Å². The van der Waals surface area contributed by atoms with Gasteiger partial charge in [0.2, 0.25) is 0 Å². The van der Waals surface area contributed by atoms with Crippen molar-refractivity contribution in [3.05, 3.63) is 30.1 Å². The minimum absolute atomic E-state index is 0.112. The summed E-state index contributed by atoms with van der Waals surface area (Å²) in [7, 11) is 0. The van der Waals surface area contributed by atoms with Crippen LogP contribution in [0.4, 0.5) is 14.9 Å². The minimum Gasteiger partial charge on any atom is -0.338 e. The number of benzene rings is 1. The van der Waals surface area contributed by atoms with Gasteiger partial charge in [0.25, 0.3) is 0 Å². The highest BCUT2D eigenvalue weighted by Gasteiger charge is 2.03. The Morgan fingerprint density at radius 3 is 2.65 bits per heavy atom. The van der Waals surface area contributed by atoms with E-state index in [9.17, 15) is 9.18 Å². The Bertz CT molecular complexity index is 353. The third kappa shape index (κ3) is 5.31. The van der Waals surface area contributed by atoms with Crippen molar-refractivity contribution in [3.8, 4) is 0 Å². The van der Waals surface area contributed by atoms with Gasteiger partial charge in [0.05, 0.1) is 0 Å². The maximum Gasteiger partial charge on any atom is 0.319 e. The van der Waals surface area contributed by atoms with Crippen LogP contribution in [0.5, 0.6) is 0 Å². The Kier molecular flexibility index (Phi) is 5.42. The predicted molar refractivity (Wildman–Crippen MR) is 66.3 cm³/mol. The molecule has 0 fully saturated rings. The lowest BCUT2D eigenvalue weighted by atomic mass is 10.2. The number of hydrogen-bond donors (Lipinski definition) is 3. The van der Waals surface area contributed by atoms with Gasteiger partial charge in [-0.2, -0.15) is 0 Å². The van der Waals surface area contributed by atoms with Gasteiger partial charge in [0.15, 0.2) is 0 Å². The van der Waals surface area contributed by atoms with Crippen molar-refractivity contribution in [2.45, 2.75) is 25.8 Å². The van der Waals surface area contributed by atoms with Crippen LogP contribution in [0, 0.1) is 5.82 Å². The fourth-order valence-electron chi connectivity index (χ4n) is 1.28. The van der Waals surface area contributed by atoms with Gasteiger partial charge in [-0.1, -0.05) is 6.92 Å². The summed E-state index contributed by atoms with van der Waals surface area (Å²) in [4.78, 5) is 11.4. The Morgan fingerprint density at radius 1 is 1.41 bits per heavy atom. The Balaban J connectivity index is 2.27. The molecule has 1 aromatic carbocycles. The molecule has 17 heavy (non-hydrogen) atoms. The van der Waals surface area contributed by atoms with Crippen LogP contribution < -0.4 is 16.4 Å². The van der Waals surface area contributed by atoms with E-state index < -0.39 is 0 Å². The van der Waals surface area contributed by atoms with Gasteiger partial charge in [0.1, 0.15) is 5.82 Å². The summed E-state index contributed by atoms with van der Waals surface area (Å²) in [6.45, 7) is 2.53. The first-order valence-corrected chi connectivity index (χ1v) is 5.67. The standard InChI is InChI=1S/C12H18FN3O/c1-2-10(14)7-8-15-12(17)16-11-5-3-9(13)4-6-11/h3-6,10H,2,7-8,14H2,1H3,(H2,15,16,17). The molecule has 5 heteroatoms. The molecule has 2 amide bonds. The maximum atomic E-state index is 12.6. The van der Waals surface area contributed by atoms with Crippen LogP contribution in [0.25, 0.3) is 0 Å². The predicted octanol–water partition coefficient (Wildman–Crippen LogP) is 2.07. The molecule has 1 unspecified atom stereocenters. The number of rotatable bonds is 5. The number of halogens is 1.